The van der Waals surface area contributed by atoms with Crippen molar-refractivity contribution in [2.45, 2.75) is 44.8 Å². The fourth-order valence-corrected chi connectivity index (χ4v) is 6.32. The number of hydrogen-bond acceptors (Lipinski definition) is 6. The second kappa shape index (κ2) is 11.6. The number of nitrogens with zero attached hydrogens (tertiary/aromatic N) is 2. The molecular formula is C28H35N3O5S. The predicted molar refractivity (Wildman–Crippen MR) is 140 cm³/mol. The lowest BCUT2D eigenvalue weighted by Gasteiger charge is -2.55. The number of piperidine rings is 1. The standard InChI is InChI=1S/C28H35N3O5S/c32-25(7-6-22-10-15-37-18-22)31-19-28(20-31)11-14-35-17-24(28)26(33)29-23-8-12-30(13-9-23)27(34)36-16-21-4-2-1-3-5-21/h1-5,10,15,18,23-24H,6-9,11-14,16-17,19-20H2,(H,29,33). The third-order valence-corrected chi connectivity index (χ3v) is 8.69. The van der Waals surface area contributed by atoms with Gasteiger partial charge in [0.1, 0.15) is 6.61 Å². The highest BCUT2D eigenvalue weighted by Crippen LogP contribution is 2.44. The van der Waals surface area contributed by atoms with Crippen molar-refractivity contribution in [3.8, 4) is 0 Å². The van der Waals surface area contributed by atoms with Crippen molar-refractivity contribution < 1.29 is 23.9 Å². The Kier molecular flexibility index (Phi) is 8.10. The highest BCUT2D eigenvalue weighted by atomic mass is 32.1. The number of carbonyl (C=O) groups excluding carboxylic acids is 3. The molecule has 0 bridgehead atoms. The number of rotatable bonds is 7. The van der Waals surface area contributed by atoms with Crippen molar-refractivity contribution in [3.05, 3.63) is 58.3 Å². The number of thiophene rings is 1. The Bertz CT molecular complexity index is 1060. The van der Waals surface area contributed by atoms with Crippen LogP contribution in [0.15, 0.2) is 47.2 Å². The Morgan fingerprint density at radius 3 is 2.57 bits per heavy atom. The van der Waals surface area contributed by atoms with Crippen LogP contribution in [0.3, 0.4) is 0 Å². The Labute approximate surface area is 221 Å². The molecule has 1 aromatic carbocycles. The first-order chi connectivity index (χ1) is 18.0. The fraction of sp³-hybridized carbons (Fsp3) is 0.536. The van der Waals surface area contributed by atoms with E-state index >= 15 is 0 Å². The van der Waals surface area contributed by atoms with Gasteiger partial charge in [-0.2, -0.15) is 11.3 Å². The van der Waals surface area contributed by atoms with Crippen LogP contribution < -0.4 is 5.32 Å². The van der Waals surface area contributed by atoms with E-state index < -0.39 is 0 Å². The van der Waals surface area contributed by atoms with Crippen molar-refractivity contribution in [2.24, 2.45) is 11.3 Å². The lowest BCUT2D eigenvalue weighted by molar-refractivity contribution is -0.169. The molecule has 0 aliphatic carbocycles. The number of aryl methyl sites for hydroxylation is 1. The SMILES string of the molecule is O=C(NC1CCN(C(=O)OCc2ccccc2)CC1)C1COCCC12CN(C(=O)CCc1ccsc1)C2. The third kappa shape index (κ3) is 6.15. The van der Waals surface area contributed by atoms with Crippen molar-refractivity contribution in [3.63, 3.8) is 0 Å². The first-order valence-corrected chi connectivity index (χ1v) is 14.1. The summed E-state index contributed by atoms with van der Waals surface area (Å²) in [6.45, 7) is 3.64. The second-order valence-corrected chi connectivity index (χ2v) is 11.2. The molecule has 37 heavy (non-hydrogen) atoms. The van der Waals surface area contributed by atoms with E-state index in [1.54, 1.807) is 16.2 Å². The van der Waals surface area contributed by atoms with Gasteiger partial charge in [-0.1, -0.05) is 30.3 Å². The number of nitrogens with one attached hydrogen (secondary N) is 1. The molecule has 4 heterocycles. The van der Waals surface area contributed by atoms with Gasteiger partial charge < -0.3 is 24.6 Å². The fourth-order valence-electron chi connectivity index (χ4n) is 5.61. The summed E-state index contributed by atoms with van der Waals surface area (Å²) in [6, 6.07) is 11.7. The molecular weight excluding hydrogens is 490 g/mol. The molecule has 3 fully saturated rings. The summed E-state index contributed by atoms with van der Waals surface area (Å²) in [5.74, 6) is -0.0831. The van der Waals surface area contributed by atoms with Crippen LogP contribution in [-0.2, 0) is 32.1 Å². The second-order valence-electron chi connectivity index (χ2n) is 10.4. The van der Waals surface area contributed by atoms with Crippen LogP contribution in [0.4, 0.5) is 4.79 Å². The van der Waals surface area contributed by atoms with Crippen LogP contribution in [0.2, 0.25) is 0 Å². The van der Waals surface area contributed by atoms with Crippen LogP contribution >= 0.6 is 11.3 Å². The maximum atomic E-state index is 13.3. The summed E-state index contributed by atoms with van der Waals surface area (Å²) in [5, 5.41) is 7.34. The minimum absolute atomic E-state index is 0.00942. The molecule has 8 nitrogen and oxygen atoms in total. The summed E-state index contributed by atoms with van der Waals surface area (Å²) in [6.07, 6.45) is 3.14. The van der Waals surface area contributed by atoms with Crippen molar-refractivity contribution >= 4 is 29.2 Å². The summed E-state index contributed by atoms with van der Waals surface area (Å²) >= 11 is 1.65. The molecule has 3 amide bonds. The number of carbonyl (C=O) groups is 3. The van der Waals surface area contributed by atoms with Crippen LogP contribution in [-0.4, -0.2) is 73.1 Å². The summed E-state index contributed by atoms with van der Waals surface area (Å²) < 4.78 is 11.1. The third-order valence-electron chi connectivity index (χ3n) is 7.96. The van der Waals surface area contributed by atoms with E-state index in [-0.39, 0.29) is 41.9 Å². The molecule has 3 saturated heterocycles. The average molecular weight is 526 g/mol. The molecule has 5 rings (SSSR count). The Morgan fingerprint density at radius 2 is 1.84 bits per heavy atom. The zero-order valence-electron chi connectivity index (χ0n) is 21.1. The summed E-state index contributed by atoms with van der Waals surface area (Å²) in [5.41, 5.74) is 1.97. The van der Waals surface area contributed by atoms with Gasteiger partial charge in [-0.05, 0) is 53.6 Å². The van der Waals surface area contributed by atoms with Crippen molar-refractivity contribution in [2.75, 3.05) is 39.4 Å². The van der Waals surface area contributed by atoms with Crippen molar-refractivity contribution in [1.82, 2.24) is 15.1 Å². The summed E-state index contributed by atoms with van der Waals surface area (Å²) in [7, 11) is 0. The number of benzene rings is 1. The van der Waals surface area contributed by atoms with Gasteiger partial charge in [-0.3, -0.25) is 9.59 Å². The molecule has 1 aromatic heterocycles. The van der Waals surface area contributed by atoms with Crippen LogP contribution in [0.25, 0.3) is 0 Å². The molecule has 0 saturated carbocycles. The normalized spacial score (nSPS) is 21.4. The largest absolute Gasteiger partial charge is 0.445 e. The minimum Gasteiger partial charge on any atom is -0.445 e. The monoisotopic (exact) mass is 525 g/mol. The van der Waals surface area contributed by atoms with Gasteiger partial charge in [0.15, 0.2) is 0 Å². The van der Waals surface area contributed by atoms with Gasteiger partial charge in [0.25, 0.3) is 0 Å². The highest BCUT2D eigenvalue weighted by Gasteiger charge is 2.54. The van der Waals surface area contributed by atoms with Gasteiger partial charge in [0.2, 0.25) is 11.8 Å². The molecule has 3 aliphatic heterocycles. The van der Waals surface area contributed by atoms with Crippen molar-refractivity contribution in [1.29, 1.82) is 0 Å². The van der Waals surface area contributed by atoms with Gasteiger partial charge in [-0.15, -0.1) is 0 Å². The predicted octanol–water partition coefficient (Wildman–Crippen LogP) is 3.46. The molecule has 1 atom stereocenters. The van der Waals surface area contributed by atoms with E-state index in [0.717, 1.165) is 18.4 Å². The molecule has 1 unspecified atom stereocenters. The van der Waals surface area contributed by atoms with Gasteiger partial charge in [0.05, 0.1) is 12.5 Å². The Morgan fingerprint density at radius 1 is 1.05 bits per heavy atom. The average Bonchev–Trinajstić information content (AvgIpc) is 3.44. The Hall–Kier alpha value is -2.91. The van der Waals surface area contributed by atoms with E-state index in [1.807, 2.05) is 40.6 Å². The highest BCUT2D eigenvalue weighted by molar-refractivity contribution is 7.07. The zero-order valence-corrected chi connectivity index (χ0v) is 21.9. The number of likely N-dealkylation sites (tertiary alicyclic amines) is 2. The molecule has 1 N–H and O–H groups in total. The van der Waals surface area contributed by atoms with Crippen LogP contribution in [0.5, 0.6) is 0 Å². The van der Waals surface area contributed by atoms with E-state index in [4.69, 9.17) is 9.47 Å². The first kappa shape index (κ1) is 25.7. The number of hydrogen-bond donors (Lipinski definition) is 1. The summed E-state index contributed by atoms with van der Waals surface area (Å²) in [4.78, 5) is 42.1. The molecule has 0 radical (unpaired) electrons. The van der Waals surface area contributed by atoms with E-state index in [1.165, 1.54) is 5.56 Å². The molecule has 9 heteroatoms. The topological polar surface area (TPSA) is 88.2 Å². The van der Waals surface area contributed by atoms with E-state index in [2.05, 4.69) is 16.8 Å². The molecule has 1 spiro atoms. The van der Waals surface area contributed by atoms with Crippen LogP contribution in [0, 0.1) is 11.3 Å². The van der Waals surface area contributed by atoms with Gasteiger partial charge in [-0.25, -0.2) is 4.79 Å². The lowest BCUT2D eigenvalue weighted by Crippen LogP contribution is -2.67. The molecule has 2 aromatic rings. The smallest absolute Gasteiger partial charge is 0.410 e. The van der Waals surface area contributed by atoms with Gasteiger partial charge >= 0.3 is 6.09 Å². The van der Waals surface area contributed by atoms with Gasteiger partial charge in [0, 0.05) is 50.7 Å². The number of amides is 3. The van der Waals surface area contributed by atoms with Crippen LogP contribution in [0.1, 0.15) is 36.8 Å². The molecule has 3 aliphatic rings. The Balaban J connectivity index is 1.06. The molecule has 198 valence electrons. The maximum Gasteiger partial charge on any atom is 0.410 e. The van der Waals surface area contributed by atoms with E-state index in [9.17, 15) is 14.4 Å². The van der Waals surface area contributed by atoms with E-state index in [0.29, 0.717) is 58.7 Å². The number of ether oxygens (including phenoxy) is 2. The lowest BCUT2D eigenvalue weighted by atomic mass is 9.65. The maximum absolute atomic E-state index is 13.3. The minimum atomic E-state index is -0.313. The zero-order chi connectivity index (χ0) is 25.7. The first-order valence-electron chi connectivity index (χ1n) is 13.1. The quantitative estimate of drug-likeness (QED) is 0.598.